The molecule has 1 fully saturated rings. The molecule has 0 radical (unpaired) electrons. The third-order valence-electron chi connectivity index (χ3n) is 3.22. The fourth-order valence-corrected chi connectivity index (χ4v) is 2.51. The van der Waals surface area contributed by atoms with Crippen molar-refractivity contribution in [2.24, 2.45) is 0 Å². The Morgan fingerprint density at radius 3 is 2.74 bits per heavy atom. The summed E-state index contributed by atoms with van der Waals surface area (Å²) in [4.78, 5) is 11.9. The van der Waals surface area contributed by atoms with Crippen LogP contribution in [0.5, 0.6) is 0 Å². The zero-order chi connectivity index (χ0) is 13.5. The molecule has 0 saturated carbocycles. The van der Waals surface area contributed by atoms with Crippen LogP contribution in [0.4, 0.5) is 0 Å². The van der Waals surface area contributed by atoms with E-state index in [1.165, 1.54) is 19.3 Å². The lowest BCUT2D eigenvalue weighted by atomic mass is 10.1. The van der Waals surface area contributed by atoms with Gasteiger partial charge in [0.15, 0.2) is 0 Å². The van der Waals surface area contributed by atoms with E-state index in [-0.39, 0.29) is 5.91 Å². The minimum atomic E-state index is -0.00481. The average Bonchev–Trinajstić information content (AvgIpc) is 2.45. The molecule has 1 atom stereocenters. The van der Waals surface area contributed by atoms with Crippen LogP contribution in [0.3, 0.4) is 0 Å². The summed E-state index contributed by atoms with van der Waals surface area (Å²) in [6.07, 6.45) is 4.12. The number of halogens is 1. The van der Waals surface area contributed by atoms with Crippen LogP contribution < -0.4 is 16.0 Å². The topological polar surface area (TPSA) is 53.2 Å². The fraction of sp³-hybridized carbons (Fsp3) is 0.500. The highest BCUT2D eigenvalue weighted by Crippen LogP contribution is 2.06. The summed E-state index contributed by atoms with van der Waals surface area (Å²) >= 11 is 2.23. The van der Waals surface area contributed by atoms with E-state index in [1.807, 2.05) is 24.3 Å². The van der Waals surface area contributed by atoms with E-state index in [9.17, 15) is 4.79 Å². The standard InChI is InChI=1S/C14H20IN3O/c15-12-6-4-11(5-7-12)14(19)18-10-9-17-13-3-1-2-8-16-13/h4-7,13,16-17H,1-3,8-10H2,(H,18,19). The lowest BCUT2D eigenvalue weighted by Crippen LogP contribution is -2.47. The zero-order valence-electron chi connectivity index (χ0n) is 10.9. The van der Waals surface area contributed by atoms with Gasteiger partial charge >= 0.3 is 0 Å². The highest BCUT2D eigenvalue weighted by molar-refractivity contribution is 14.1. The van der Waals surface area contributed by atoms with E-state index in [2.05, 4.69) is 38.5 Å². The van der Waals surface area contributed by atoms with Gasteiger partial charge in [0.1, 0.15) is 0 Å². The van der Waals surface area contributed by atoms with Crippen molar-refractivity contribution in [1.82, 2.24) is 16.0 Å². The second kappa shape index (κ2) is 7.81. The summed E-state index contributed by atoms with van der Waals surface area (Å²) in [5, 5.41) is 9.76. The first-order chi connectivity index (χ1) is 9.25. The van der Waals surface area contributed by atoms with Gasteiger partial charge < -0.3 is 16.0 Å². The number of hydrogen-bond acceptors (Lipinski definition) is 3. The summed E-state index contributed by atoms with van der Waals surface area (Å²) in [6.45, 7) is 2.55. The van der Waals surface area contributed by atoms with Crippen LogP contribution in [0.25, 0.3) is 0 Å². The Labute approximate surface area is 127 Å². The van der Waals surface area contributed by atoms with Crippen LogP contribution in [-0.2, 0) is 0 Å². The molecule has 4 nitrogen and oxygen atoms in total. The lowest BCUT2D eigenvalue weighted by Gasteiger charge is -2.24. The molecule has 5 heteroatoms. The first-order valence-corrected chi connectivity index (χ1v) is 7.84. The van der Waals surface area contributed by atoms with Gasteiger partial charge in [0, 0.05) is 22.2 Å². The van der Waals surface area contributed by atoms with Gasteiger partial charge in [0.2, 0.25) is 0 Å². The van der Waals surface area contributed by atoms with Gasteiger partial charge in [0.05, 0.1) is 6.17 Å². The molecule has 1 aliphatic rings. The van der Waals surface area contributed by atoms with Gasteiger partial charge in [-0.3, -0.25) is 4.79 Å². The molecule has 3 N–H and O–H groups in total. The third kappa shape index (κ3) is 5.08. The molecule has 104 valence electrons. The third-order valence-corrected chi connectivity index (χ3v) is 3.94. The van der Waals surface area contributed by atoms with Crippen molar-refractivity contribution in [3.8, 4) is 0 Å². The predicted octanol–water partition coefficient (Wildman–Crippen LogP) is 1.71. The summed E-state index contributed by atoms with van der Waals surface area (Å²) in [7, 11) is 0. The Morgan fingerprint density at radius 1 is 1.26 bits per heavy atom. The second-order valence-electron chi connectivity index (χ2n) is 4.72. The summed E-state index contributed by atoms with van der Waals surface area (Å²) in [5.74, 6) is -0.00481. The van der Waals surface area contributed by atoms with E-state index in [1.54, 1.807) is 0 Å². The molecule has 1 unspecified atom stereocenters. The Balaban J connectivity index is 1.64. The van der Waals surface area contributed by atoms with Crippen LogP contribution in [0.1, 0.15) is 29.6 Å². The zero-order valence-corrected chi connectivity index (χ0v) is 13.1. The van der Waals surface area contributed by atoms with Gasteiger partial charge in [-0.25, -0.2) is 0 Å². The van der Waals surface area contributed by atoms with Crippen molar-refractivity contribution >= 4 is 28.5 Å². The summed E-state index contributed by atoms with van der Waals surface area (Å²) in [5.41, 5.74) is 0.719. The van der Waals surface area contributed by atoms with Gasteiger partial charge in [0.25, 0.3) is 5.91 Å². The van der Waals surface area contributed by atoms with Crippen molar-refractivity contribution in [1.29, 1.82) is 0 Å². The minimum Gasteiger partial charge on any atom is -0.351 e. The SMILES string of the molecule is O=C(NCCNC1CCCCN1)c1ccc(I)cc1. The van der Waals surface area contributed by atoms with Crippen LogP contribution in [0.15, 0.2) is 24.3 Å². The first-order valence-electron chi connectivity index (χ1n) is 6.76. The van der Waals surface area contributed by atoms with E-state index in [0.29, 0.717) is 12.7 Å². The Morgan fingerprint density at radius 2 is 2.05 bits per heavy atom. The van der Waals surface area contributed by atoms with Gasteiger partial charge in [-0.2, -0.15) is 0 Å². The van der Waals surface area contributed by atoms with E-state index < -0.39 is 0 Å². The summed E-state index contributed by atoms with van der Waals surface area (Å²) in [6, 6.07) is 7.60. The maximum Gasteiger partial charge on any atom is 0.251 e. The highest BCUT2D eigenvalue weighted by Gasteiger charge is 2.11. The molecule has 1 aliphatic heterocycles. The maximum absolute atomic E-state index is 11.9. The number of carbonyl (C=O) groups is 1. The molecular weight excluding hydrogens is 353 g/mol. The summed E-state index contributed by atoms with van der Waals surface area (Å²) < 4.78 is 1.14. The fourth-order valence-electron chi connectivity index (χ4n) is 2.15. The number of benzene rings is 1. The molecular formula is C14H20IN3O. The van der Waals surface area contributed by atoms with Gasteiger partial charge in [-0.15, -0.1) is 0 Å². The number of carbonyl (C=O) groups excluding carboxylic acids is 1. The van der Waals surface area contributed by atoms with Crippen molar-refractivity contribution in [2.75, 3.05) is 19.6 Å². The monoisotopic (exact) mass is 373 g/mol. The normalized spacial score (nSPS) is 19.1. The number of nitrogens with one attached hydrogen (secondary N) is 3. The van der Waals surface area contributed by atoms with E-state index >= 15 is 0 Å². The molecule has 1 saturated heterocycles. The lowest BCUT2D eigenvalue weighted by molar-refractivity contribution is 0.0953. The van der Waals surface area contributed by atoms with E-state index in [0.717, 1.165) is 22.2 Å². The van der Waals surface area contributed by atoms with Crippen molar-refractivity contribution in [3.63, 3.8) is 0 Å². The molecule has 0 bridgehead atoms. The first kappa shape index (κ1) is 14.7. The minimum absolute atomic E-state index is 0.00481. The highest BCUT2D eigenvalue weighted by atomic mass is 127. The molecule has 1 heterocycles. The second-order valence-corrected chi connectivity index (χ2v) is 5.97. The van der Waals surface area contributed by atoms with Crippen LogP contribution in [0.2, 0.25) is 0 Å². The Bertz CT molecular complexity index is 402. The molecule has 0 aromatic heterocycles. The van der Waals surface area contributed by atoms with Crippen LogP contribution in [0, 0.1) is 3.57 Å². The van der Waals surface area contributed by atoms with Crippen molar-refractivity contribution in [3.05, 3.63) is 33.4 Å². The molecule has 1 aromatic carbocycles. The maximum atomic E-state index is 11.9. The Kier molecular flexibility index (Phi) is 6.06. The Hall–Kier alpha value is -0.660. The largest absolute Gasteiger partial charge is 0.351 e. The average molecular weight is 373 g/mol. The molecule has 0 aliphatic carbocycles. The predicted molar refractivity (Wildman–Crippen MR) is 85.1 cm³/mol. The van der Waals surface area contributed by atoms with Crippen LogP contribution >= 0.6 is 22.6 Å². The van der Waals surface area contributed by atoms with Crippen molar-refractivity contribution in [2.45, 2.75) is 25.4 Å². The van der Waals surface area contributed by atoms with Gasteiger partial charge in [-0.1, -0.05) is 0 Å². The van der Waals surface area contributed by atoms with E-state index in [4.69, 9.17) is 0 Å². The number of piperidine rings is 1. The van der Waals surface area contributed by atoms with Crippen molar-refractivity contribution < 1.29 is 4.79 Å². The van der Waals surface area contributed by atoms with Gasteiger partial charge in [-0.05, 0) is 72.7 Å². The van der Waals surface area contributed by atoms with Crippen LogP contribution in [-0.4, -0.2) is 31.7 Å². The smallest absolute Gasteiger partial charge is 0.251 e. The molecule has 1 amide bonds. The molecule has 2 rings (SSSR count). The molecule has 0 spiro atoms. The molecule has 1 aromatic rings. The number of hydrogen-bond donors (Lipinski definition) is 3. The number of amides is 1. The molecule has 19 heavy (non-hydrogen) atoms. The number of rotatable bonds is 5. The quantitative estimate of drug-likeness (QED) is 0.544.